The summed E-state index contributed by atoms with van der Waals surface area (Å²) in [7, 11) is 0. The Hall–Kier alpha value is -1.67. The molecule has 0 saturated heterocycles. The molecule has 0 bridgehead atoms. The average Bonchev–Trinajstić information content (AvgIpc) is 2.59. The molecule has 0 fully saturated rings. The van der Waals surface area contributed by atoms with Gasteiger partial charge >= 0.3 is 12.1 Å². The summed E-state index contributed by atoms with van der Waals surface area (Å²) in [6.07, 6.45) is -5.65. The van der Waals surface area contributed by atoms with Crippen LogP contribution in [0.2, 0.25) is 0 Å². The van der Waals surface area contributed by atoms with Crippen LogP contribution in [0, 0.1) is 5.92 Å². The number of carboxylic acid groups (broad SMARTS) is 1. The number of rotatable bonds is 6. The first-order chi connectivity index (χ1) is 8.28. The van der Waals surface area contributed by atoms with Crippen LogP contribution < -0.4 is 0 Å². The fraction of sp³-hybridized carbons (Fsp3) is 0.778. The monoisotopic (exact) mass is 266 g/mol. The van der Waals surface area contributed by atoms with E-state index in [9.17, 15) is 18.0 Å². The molecule has 102 valence electrons. The van der Waals surface area contributed by atoms with Gasteiger partial charge in [0.25, 0.3) is 0 Å². The van der Waals surface area contributed by atoms with E-state index in [0.29, 0.717) is 0 Å². The summed E-state index contributed by atoms with van der Waals surface area (Å²) in [4.78, 5) is 10.5. The zero-order valence-electron chi connectivity index (χ0n) is 9.68. The molecule has 0 radical (unpaired) electrons. The third kappa shape index (κ3) is 5.11. The van der Waals surface area contributed by atoms with Crippen molar-refractivity contribution >= 4 is 5.97 Å². The Bertz CT molecular complexity index is 405. The molecular formula is C9H13F3N4O2. The molecule has 1 unspecified atom stereocenters. The second-order valence-electron chi connectivity index (χ2n) is 4.10. The lowest BCUT2D eigenvalue weighted by molar-refractivity contribution is -0.138. The molecule has 1 aromatic heterocycles. The normalized spacial score (nSPS) is 13.6. The average molecular weight is 266 g/mol. The van der Waals surface area contributed by atoms with Gasteiger partial charge in [0.05, 0.1) is 6.42 Å². The smallest absolute Gasteiger partial charge is 0.389 e. The third-order valence-corrected chi connectivity index (χ3v) is 2.25. The standard InChI is InChI=1S/C9H13F3N4O2/c1-6(4-8(17)18)5-16-7(13-14-15-16)2-3-9(10,11)12/h6H,2-5H2,1H3,(H,17,18). The fourth-order valence-corrected chi connectivity index (χ4v) is 1.46. The molecule has 0 aromatic carbocycles. The van der Waals surface area contributed by atoms with Crippen LogP contribution in [0.4, 0.5) is 13.2 Å². The highest BCUT2D eigenvalue weighted by atomic mass is 19.4. The predicted octanol–water partition coefficient (Wildman–Crippen LogP) is 1.28. The van der Waals surface area contributed by atoms with E-state index in [-0.39, 0.29) is 31.1 Å². The van der Waals surface area contributed by atoms with Gasteiger partial charge in [-0.3, -0.25) is 4.79 Å². The van der Waals surface area contributed by atoms with Crippen LogP contribution in [0.15, 0.2) is 0 Å². The van der Waals surface area contributed by atoms with E-state index in [2.05, 4.69) is 15.5 Å². The summed E-state index contributed by atoms with van der Waals surface area (Å²) < 4.78 is 37.4. The maximum absolute atomic E-state index is 12.1. The van der Waals surface area contributed by atoms with Crippen LogP contribution in [0.3, 0.4) is 0 Å². The minimum Gasteiger partial charge on any atom is -0.481 e. The second-order valence-corrected chi connectivity index (χ2v) is 4.10. The van der Waals surface area contributed by atoms with Crippen molar-refractivity contribution in [1.29, 1.82) is 0 Å². The lowest BCUT2D eigenvalue weighted by atomic mass is 10.1. The number of nitrogens with zero attached hydrogens (tertiary/aromatic N) is 4. The van der Waals surface area contributed by atoms with Crippen LogP contribution in [0.25, 0.3) is 0 Å². The van der Waals surface area contributed by atoms with Gasteiger partial charge in [-0.05, 0) is 16.3 Å². The molecule has 1 atom stereocenters. The van der Waals surface area contributed by atoms with Crippen molar-refractivity contribution in [2.75, 3.05) is 0 Å². The molecule has 1 N–H and O–H groups in total. The molecule has 18 heavy (non-hydrogen) atoms. The number of carbonyl (C=O) groups is 1. The van der Waals surface area contributed by atoms with Crippen LogP contribution in [0.1, 0.15) is 25.6 Å². The summed E-state index contributed by atoms with van der Waals surface area (Å²) in [6.45, 7) is 1.86. The van der Waals surface area contributed by atoms with E-state index in [1.54, 1.807) is 6.92 Å². The molecule has 1 heterocycles. The number of tetrazole rings is 1. The number of aromatic nitrogens is 4. The van der Waals surface area contributed by atoms with Gasteiger partial charge in [-0.15, -0.1) is 5.10 Å². The highest BCUT2D eigenvalue weighted by molar-refractivity contribution is 5.66. The second kappa shape index (κ2) is 5.78. The van der Waals surface area contributed by atoms with Gasteiger partial charge in [0.1, 0.15) is 0 Å². The summed E-state index contributed by atoms with van der Waals surface area (Å²) in [5.41, 5.74) is 0. The molecule has 6 nitrogen and oxygen atoms in total. The number of alkyl halides is 3. The molecular weight excluding hydrogens is 253 g/mol. The van der Waals surface area contributed by atoms with Crippen LogP contribution >= 0.6 is 0 Å². The highest BCUT2D eigenvalue weighted by Gasteiger charge is 2.28. The van der Waals surface area contributed by atoms with Crippen molar-refractivity contribution < 1.29 is 23.1 Å². The molecule has 0 saturated carbocycles. The van der Waals surface area contributed by atoms with Gasteiger partial charge in [0.2, 0.25) is 0 Å². The van der Waals surface area contributed by atoms with E-state index in [0.717, 1.165) is 0 Å². The SMILES string of the molecule is CC(CC(=O)O)Cn1nnnc1CCC(F)(F)F. The first kappa shape index (κ1) is 14.4. The summed E-state index contributed by atoms with van der Waals surface area (Å²) in [5, 5.41) is 19.0. The van der Waals surface area contributed by atoms with Crippen molar-refractivity contribution in [2.24, 2.45) is 5.92 Å². The van der Waals surface area contributed by atoms with Crippen molar-refractivity contribution in [3.63, 3.8) is 0 Å². The molecule has 0 aliphatic carbocycles. The quantitative estimate of drug-likeness (QED) is 0.838. The lowest BCUT2D eigenvalue weighted by Crippen LogP contribution is -2.17. The Balaban J connectivity index is 2.57. The largest absolute Gasteiger partial charge is 0.481 e. The zero-order valence-corrected chi connectivity index (χ0v) is 9.68. The van der Waals surface area contributed by atoms with Gasteiger partial charge in [-0.1, -0.05) is 6.92 Å². The number of carboxylic acids is 1. The topological polar surface area (TPSA) is 80.9 Å². The maximum atomic E-state index is 12.1. The predicted molar refractivity (Wildman–Crippen MR) is 53.6 cm³/mol. The van der Waals surface area contributed by atoms with Gasteiger partial charge in [0, 0.05) is 19.4 Å². The van der Waals surface area contributed by atoms with Crippen LogP contribution in [-0.2, 0) is 17.8 Å². The Morgan fingerprint density at radius 1 is 1.50 bits per heavy atom. The van der Waals surface area contributed by atoms with Crippen molar-refractivity contribution in [3.8, 4) is 0 Å². The summed E-state index contributed by atoms with van der Waals surface area (Å²) >= 11 is 0. The minimum atomic E-state index is -4.26. The Kier molecular flexibility index (Phi) is 4.62. The van der Waals surface area contributed by atoms with Crippen LogP contribution in [0.5, 0.6) is 0 Å². The molecule has 0 spiro atoms. The van der Waals surface area contributed by atoms with E-state index in [1.807, 2.05) is 0 Å². The first-order valence-electron chi connectivity index (χ1n) is 5.31. The number of aryl methyl sites for hydroxylation is 1. The number of hydrogen-bond donors (Lipinski definition) is 1. The van der Waals surface area contributed by atoms with Crippen LogP contribution in [-0.4, -0.2) is 37.5 Å². The van der Waals surface area contributed by atoms with Gasteiger partial charge in [-0.2, -0.15) is 13.2 Å². The number of halogens is 3. The Morgan fingerprint density at radius 2 is 2.17 bits per heavy atom. The Labute approximate surface area is 101 Å². The van der Waals surface area contributed by atoms with Gasteiger partial charge < -0.3 is 5.11 Å². The molecule has 0 amide bonds. The lowest BCUT2D eigenvalue weighted by Gasteiger charge is -2.10. The summed E-state index contributed by atoms with van der Waals surface area (Å²) in [5.74, 6) is -1.10. The van der Waals surface area contributed by atoms with E-state index >= 15 is 0 Å². The van der Waals surface area contributed by atoms with E-state index in [4.69, 9.17) is 5.11 Å². The van der Waals surface area contributed by atoms with E-state index < -0.39 is 18.6 Å². The minimum absolute atomic E-state index is 0.0848. The summed E-state index contributed by atoms with van der Waals surface area (Å²) in [6, 6.07) is 0. The third-order valence-electron chi connectivity index (χ3n) is 2.25. The molecule has 0 aliphatic rings. The first-order valence-corrected chi connectivity index (χ1v) is 5.31. The Morgan fingerprint density at radius 3 is 2.72 bits per heavy atom. The number of aliphatic carboxylic acids is 1. The van der Waals surface area contributed by atoms with E-state index in [1.165, 1.54) is 4.68 Å². The maximum Gasteiger partial charge on any atom is 0.389 e. The highest BCUT2D eigenvalue weighted by Crippen LogP contribution is 2.21. The number of hydrogen-bond acceptors (Lipinski definition) is 4. The van der Waals surface area contributed by atoms with Gasteiger partial charge in [-0.25, -0.2) is 4.68 Å². The van der Waals surface area contributed by atoms with Crippen molar-refractivity contribution in [2.45, 2.75) is 38.9 Å². The van der Waals surface area contributed by atoms with Crippen molar-refractivity contribution in [1.82, 2.24) is 20.2 Å². The fourth-order valence-electron chi connectivity index (χ4n) is 1.46. The molecule has 1 aromatic rings. The zero-order chi connectivity index (χ0) is 13.8. The molecule has 1 rings (SSSR count). The molecule has 0 aliphatic heterocycles. The molecule has 9 heteroatoms. The van der Waals surface area contributed by atoms with Crippen molar-refractivity contribution in [3.05, 3.63) is 5.82 Å². The van der Waals surface area contributed by atoms with Gasteiger partial charge in [0.15, 0.2) is 5.82 Å².